The predicted molar refractivity (Wildman–Crippen MR) is 246 cm³/mol. The van der Waals surface area contributed by atoms with E-state index in [1.165, 1.54) is 42.1 Å². The van der Waals surface area contributed by atoms with Gasteiger partial charge in [-0.25, -0.2) is 9.98 Å². The molecule has 3 aromatic heterocycles. The number of aliphatic imine (C=N–C) groups is 3. The van der Waals surface area contributed by atoms with Gasteiger partial charge >= 0.3 is 0 Å². The summed E-state index contributed by atoms with van der Waals surface area (Å²) in [6, 6.07) is 63.7. The van der Waals surface area contributed by atoms with Crippen molar-refractivity contribution in [3.8, 4) is 16.8 Å². The molecule has 11 rings (SSSR count). The van der Waals surface area contributed by atoms with E-state index in [1.807, 2.05) is 72.0 Å². The third kappa shape index (κ3) is 5.65. The highest BCUT2D eigenvalue weighted by Crippen LogP contribution is 2.42. The molecule has 6 heteroatoms. The Balaban J connectivity index is 1.05. The lowest BCUT2D eigenvalue weighted by Gasteiger charge is -2.11. The van der Waals surface area contributed by atoms with E-state index in [0.29, 0.717) is 18.2 Å². The molecule has 5 nitrogen and oxygen atoms in total. The first-order valence-corrected chi connectivity index (χ1v) is 20.1. The van der Waals surface area contributed by atoms with Gasteiger partial charge in [-0.05, 0) is 65.9 Å². The van der Waals surface area contributed by atoms with Crippen LogP contribution in [0.15, 0.2) is 201 Å². The lowest BCUT2D eigenvalue weighted by molar-refractivity contribution is 0.669. The Labute approximate surface area is 338 Å². The number of nitrogens with zero attached hydrogens (tertiary/aromatic N) is 4. The first-order valence-electron chi connectivity index (χ1n) is 19.3. The first-order chi connectivity index (χ1) is 28.7. The highest BCUT2D eigenvalue weighted by molar-refractivity contribution is 7.26. The van der Waals surface area contributed by atoms with Gasteiger partial charge in [0.1, 0.15) is 11.2 Å². The van der Waals surface area contributed by atoms with Gasteiger partial charge in [0.2, 0.25) is 0 Å². The lowest BCUT2D eigenvalue weighted by atomic mass is 10.0. The van der Waals surface area contributed by atoms with Crippen LogP contribution in [0.5, 0.6) is 0 Å². The SMILES string of the molecule is C=N/C(=N\C(=N/Cc1cccc(-n2c3ccccc3c3ccc(-c4cccc5c4sc4ccccc45)cc32)c1)c1cccc2oc3ccccc3c12)c1ccccc1. The van der Waals surface area contributed by atoms with Gasteiger partial charge in [0, 0.05) is 58.5 Å². The maximum atomic E-state index is 6.28. The molecule has 11 aromatic rings. The summed E-state index contributed by atoms with van der Waals surface area (Å²) in [6.07, 6.45) is 0. The minimum atomic E-state index is 0.397. The van der Waals surface area contributed by atoms with Crippen molar-refractivity contribution >= 4 is 93.6 Å². The highest BCUT2D eigenvalue weighted by atomic mass is 32.1. The first kappa shape index (κ1) is 33.9. The zero-order valence-corrected chi connectivity index (χ0v) is 32.2. The van der Waals surface area contributed by atoms with E-state index < -0.39 is 0 Å². The predicted octanol–water partition coefficient (Wildman–Crippen LogP) is 13.8. The quantitative estimate of drug-likeness (QED) is 0.123. The Kier molecular flexibility index (Phi) is 8.15. The van der Waals surface area contributed by atoms with Crippen molar-refractivity contribution in [2.75, 3.05) is 0 Å². The van der Waals surface area contributed by atoms with Gasteiger partial charge in [-0.15, -0.1) is 11.3 Å². The van der Waals surface area contributed by atoms with Gasteiger partial charge in [0.05, 0.1) is 17.6 Å². The summed E-state index contributed by atoms with van der Waals surface area (Å²) >= 11 is 1.86. The minimum absolute atomic E-state index is 0.397. The van der Waals surface area contributed by atoms with Gasteiger partial charge in [0.25, 0.3) is 0 Å². The summed E-state index contributed by atoms with van der Waals surface area (Å²) in [6.45, 7) is 4.29. The van der Waals surface area contributed by atoms with Crippen molar-refractivity contribution in [2.45, 2.75) is 6.54 Å². The number of aromatic nitrogens is 1. The van der Waals surface area contributed by atoms with Gasteiger partial charge in [-0.1, -0.05) is 140 Å². The topological polar surface area (TPSA) is 55.1 Å². The molecule has 0 amide bonds. The van der Waals surface area contributed by atoms with Crippen LogP contribution in [0.2, 0.25) is 0 Å². The molecule has 58 heavy (non-hydrogen) atoms. The summed E-state index contributed by atoms with van der Waals surface area (Å²) in [4.78, 5) is 14.7. The van der Waals surface area contributed by atoms with Gasteiger partial charge in [-0.3, -0.25) is 4.99 Å². The molecule has 0 N–H and O–H groups in total. The fraction of sp³-hybridized carbons (Fsp3) is 0.0192. The summed E-state index contributed by atoms with van der Waals surface area (Å²) < 4.78 is 11.3. The molecule has 8 aromatic carbocycles. The van der Waals surface area contributed by atoms with Crippen molar-refractivity contribution in [1.82, 2.24) is 4.57 Å². The van der Waals surface area contributed by atoms with Crippen molar-refractivity contribution in [2.24, 2.45) is 15.0 Å². The molecule has 274 valence electrons. The number of thiophene rings is 1. The number of benzene rings is 8. The van der Waals surface area contributed by atoms with Crippen molar-refractivity contribution < 1.29 is 4.42 Å². The summed E-state index contributed by atoms with van der Waals surface area (Å²) in [5, 5.41) is 7.02. The summed E-state index contributed by atoms with van der Waals surface area (Å²) in [5.74, 6) is 1.07. The number of rotatable bonds is 6. The number of hydrogen-bond donors (Lipinski definition) is 0. The molecule has 0 aliphatic carbocycles. The number of para-hydroxylation sites is 2. The molecule has 0 bridgehead atoms. The van der Waals surface area contributed by atoms with Gasteiger partial charge < -0.3 is 8.98 Å². The fourth-order valence-electron chi connectivity index (χ4n) is 8.37. The van der Waals surface area contributed by atoms with Crippen molar-refractivity contribution in [3.05, 3.63) is 199 Å². The third-order valence-corrected chi connectivity index (χ3v) is 12.2. The Bertz CT molecular complexity index is 3460. The molecule has 0 radical (unpaired) electrons. The number of amidine groups is 2. The number of fused-ring (bicyclic) bond motifs is 9. The molecular weight excluding hydrogens is 729 g/mol. The van der Waals surface area contributed by atoms with Crippen LogP contribution < -0.4 is 0 Å². The van der Waals surface area contributed by atoms with Crippen LogP contribution in [0.3, 0.4) is 0 Å². The van der Waals surface area contributed by atoms with E-state index in [4.69, 9.17) is 14.4 Å². The van der Waals surface area contributed by atoms with Gasteiger partial charge in [-0.2, -0.15) is 0 Å². The molecule has 0 aliphatic heterocycles. The molecule has 0 unspecified atom stereocenters. The monoisotopic (exact) mass is 762 g/mol. The van der Waals surface area contributed by atoms with E-state index >= 15 is 0 Å². The van der Waals surface area contributed by atoms with Gasteiger partial charge in [0.15, 0.2) is 11.7 Å². The smallest absolute Gasteiger partial charge is 0.161 e. The normalized spacial score (nSPS) is 12.5. The Morgan fingerprint density at radius 2 is 1.29 bits per heavy atom. The second-order valence-electron chi connectivity index (χ2n) is 14.4. The van der Waals surface area contributed by atoms with Crippen molar-refractivity contribution in [1.29, 1.82) is 0 Å². The van der Waals surface area contributed by atoms with E-state index in [9.17, 15) is 0 Å². The molecular formula is C52H34N4OS. The summed E-state index contributed by atoms with van der Waals surface area (Å²) in [5.41, 5.74) is 10.2. The average molecular weight is 763 g/mol. The minimum Gasteiger partial charge on any atom is -0.456 e. The zero-order valence-electron chi connectivity index (χ0n) is 31.3. The van der Waals surface area contributed by atoms with Crippen LogP contribution in [0.25, 0.3) is 80.7 Å². The Hall–Kier alpha value is -7.41. The molecule has 3 heterocycles. The van der Waals surface area contributed by atoms with Crippen LogP contribution >= 0.6 is 11.3 Å². The number of furan rings is 1. The summed E-state index contributed by atoms with van der Waals surface area (Å²) in [7, 11) is 0. The standard InChI is InChI=1S/C52H34N4OS/c1-53-51(34-15-3-2-4-16-34)55-52(43-23-13-26-47-49(43)42-20-6-9-25-46(42)57-47)54-32-33-14-11-17-36(30-33)56-44-24-8-5-18-38(44)39-29-28-35(31-45(39)56)37-21-12-22-41-40-19-7-10-27-48(40)58-50(37)41/h2-31H,1,32H2/b54-52-,55-51-. The van der Waals surface area contributed by atoms with Crippen LogP contribution in [-0.4, -0.2) is 23.0 Å². The molecule has 0 aliphatic rings. The molecule has 0 saturated carbocycles. The lowest BCUT2D eigenvalue weighted by Crippen LogP contribution is -2.06. The Morgan fingerprint density at radius 3 is 2.19 bits per heavy atom. The number of hydrogen-bond acceptors (Lipinski definition) is 3. The van der Waals surface area contributed by atoms with E-state index in [0.717, 1.165) is 55.3 Å². The van der Waals surface area contributed by atoms with Crippen LogP contribution in [0.4, 0.5) is 0 Å². The maximum Gasteiger partial charge on any atom is 0.161 e. The van der Waals surface area contributed by atoms with E-state index in [1.54, 1.807) is 0 Å². The van der Waals surface area contributed by atoms with Crippen LogP contribution in [0.1, 0.15) is 16.7 Å². The Morgan fingerprint density at radius 1 is 0.569 bits per heavy atom. The third-order valence-electron chi connectivity index (χ3n) is 11.0. The van der Waals surface area contributed by atoms with E-state index in [-0.39, 0.29) is 0 Å². The molecule has 0 fully saturated rings. The second kappa shape index (κ2) is 14.0. The zero-order chi connectivity index (χ0) is 38.6. The van der Waals surface area contributed by atoms with Crippen LogP contribution in [-0.2, 0) is 6.54 Å². The fourth-order valence-corrected chi connectivity index (χ4v) is 9.61. The van der Waals surface area contributed by atoms with E-state index in [2.05, 4.69) is 138 Å². The second-order valence-corrected chi connectivity index (χ2v) is 15.5. The largest absolute Gasteiger partial charge is 0.456 e. The molecule has 0 saturated heterocycles. The molecule has 0 spiro atoms. The average Bonchev–Trinajstić information content (AvgIpc) is 3.96. The highest BCUT2D eigenvalue weighted by Gasteiger charge is 2.18. The maximum absolute atomic E-state index is 6.28. The van der Waals surface area contributed by atoms with Crippen LogP contribution in [0, 0.1) is 0 Å². The molecule has 0 atom stereocenters. The van der Waals surface area contributed by atoms with Crippen molar-refractivity contribution in [3.63, 3.8) is 0 Å².